The van der Waals surface area contributed by atoms with Crippen molar-refractivity contribution in [3.63, 3.8) is 0 Å². The van der Waals surface area contributed by atoms with Crippen LogP contribution in [0.1, 0.15) is 60.8 Å². The summed E-state index contributed by atoms with van der Waals surface area (Å²) in [5.74, 6) is -1.08. The van der Waals surface area contributed by atoms with E-state index >= 15 is 0 Å². The minimum atomic E-state index is -0.682. The van der Waals surface area contributed by atoms with E-state index in [4.69, 9.17) is 15.7 Å². The van der Waals surface area contributed by atoms with Crippen molar-refractivity contribution in [3.05, 3.63) is 107 Å². The molecule has 0 spiro atoms. The van der Waals surface area contributed by atoms with Crippen molar-refractivity contribution in [2.75, 3.05) is 0 Å². The van der Waals surface area contributed by atoms with Gasteiger partial charge in [0, 0.05) is 33.6 Å². The number of amides is 1. The zero-order valence-electron chi connectivity index (χ0n) is 26.3. The summed E-state index contributed by atoms with van der Waals surface area (Å²) < 4.78 is 7.66. The third-order valence-corrected chi connectivity index (χ3v) is 8.86. The Hall–Kier alpha value is -4.57. The molecular formula is C37H39N3O5S. The first-order valence-corrected chi connectivity index (χ1v) is 16.2. The number of carbonyl (C=O) groups is 3. The number of unbranched alkanes of at least 4 members (excludes halogenated alkanes) is 1. The molecule has 0 fully saturated rings. The van der Waals surface area contributed by atoms with Crippen LogP contribution in [0.5, 0.6) is 0 Å². The van der Waals surface area contributed by atoms with Crippen molar-refractivity contribution < 1.29 is 24.3 Å². The molecule has 2 heterocycles. The normalized spacial score (nSPS) is 12.2. The van der Waals surface area contributed by atoms with E-state index in [0.717, 1.165) is 45.4 Å². The van der Waals surface area contributed by atoms with Gasteiger partial charge < -0.3 is 15.0 Å². The van der Waals surface area contributed by atoms with E-state index < -0.39 is 23.5 Å². The first kappa shape index (κ1) is 32.8. The predicted octanol–water partition coefficient (Wildman–Crippen LogP) is 7.16. The van der Waals surface area contributed by atoms with E-state index in [9.17, 15) is 14.4 Å². The number of hydroxylamine groups is 1. The van der Waals surface area contributed by atoms with Crippen LogP contribution < -0.4 is 11.2 Å². The van der Waals surface area contributed by atoms with Gasteiger partial charge >= 0.3 is 5.97 Å². The van der Waals surface area contributed by atoms with E-state index in [2.05, 4.69) is 22.8 Å². The van der Waals surface area contributed by atoms with E-state index in [0.29, 0.717) is 29.0 Å². The fourth-order valence-corrected chi connectivity index (χ4v) is 6.62. The van der Waals surface area contributed by atoms with Gasteiger partial charge in [0.25, 0.3) is 0 Å². The van der Waals surface area contributed by atoms with E-state index in [1.54, 1.807) is 11.5 Å². The molecule has 0 bridgehead atoms. The fraction of sp³-hybridized carbons (Fsp3) is 0.270. The third kappa shape index (κ3) is 7.80. The number of thiophene rings is 1. The van der Waals surface area contributed by atoms with Crippen molar-refractivity contribution in [1.29, 1.82) is 0 Å². The molecule has 1 atom stereocenters. The second-order valence-electron chi connectivity index (χ2n) is 12.3. The lowest BCUT2D eigenvalue weighted by atomic mass is 10.0. The number of nitrogens with two attached hydrogens (primary N) is 1. The number of aryl methyl sites for hydroxylation is 1. The van der Waals surface area contributed by atoms with Crippen LogP contribution >= 0.6 is 11.3 Å². The van der Waals surface area contributed by atoms with E-state index in [1.807, 2.05) is 87.5 Å². The number of nitrogens with one attached hydrogen (secondary N) is 1. The summed E-state index contributed by atoms with van der Waals surface area (Å²) in [7, 11) is 0. The monoisotopic (exact) mass is 637 g/mol. The topological polar surface area (TPSA) is 124 Å². The smallest absolute Gasteiger partial charge is 0.323 e. The number of esters is 1. The summed E-state index contributed by atoms with van der Waals surface area (Å²) in [5.41, 5.74) is 12.4. The molecule has 1 unspecified atom stereocenters. The molecule has 5 aromatic rings. The zero-order chi connectivity index (χ0) is 32.8. The molecule has 2 aromatic heterocycles. The molecule has 46 heavy (non-hydrogen) atoms. The fourth-order valence-electron chi connectivity index (χ4n) is 5.47. The van der Waals surface area contributed by atoms with Crippen LogP contribution in [0, 0.1) is 0 Å². The first-order valence-electron chi connectivity index (χ1n) is 15.4. The SMILES string of the molecule is CC(C)(C)OC(=O)C(N)CCCCn1c(-c2ccccc2)cc2ccc(C(=O)c3cc(CC(=O)NO)c(-c4ccccc4)s3)cc21. The molecule has 4 N–H and O–H groups in total. The van der Waals surface area contributed by atoms with Crippen LogP contribution in [-0.4, -0.2) is 39.1 Å². The highest BCUT2D eigenvalue weighted by Gasteiger charge is 2.23. The van der Waals surface area contributed by atoms with Gasteiger partial charge in [-0.2, -0.15) is 0 Å². The van der Waals surface area contributed by atoms with E-state index in [-0.39, 0.29) is 12.2 Å². The Labute approximate surface area is 272 Å². The number of hydrogen-bond donors (Lipinski definition) is 3. The van der Waals surface area contributed by atoms with Crippen LogP contribution in [0.2, 0.25) is 0 Å². The molecule has 0 saturated carbocycles. The Morgan fingerprint density at radius 1 is 0.913 bits per heavy atom. The quantitative estimate of drug-likeness (QED) is 0.0439. The van der Waals surface area contributed by atoms with Crippen LogP contribution in [0.4, 0.5) is 0 Å². The minimum absolute atomic E-state index is 0.0512. The highest BCUT2D eigenvalue weighted by atomic mass is 32.1. The van der Waals surface area contributed by atoms with Crippen molar-refractivity contribution in [1.82, 2.24) is 10.0 Å². The Bertz CT molecular complexity index is 1840. The van der Waals surface area contributed by atoms with Gasteiger partial charge in [0.05, 0.1) is 11.3 Å². The van der Waals surface area contributed by atoms with Gasteiger partial charge in [-0.3, -0.25) is 19.6 Å². The second-order valence-corrected chi connectivity index (χ2v) is 13.4. The number of aromatic nitrogens is 1. The van der Waals surface area contributed by atoms with Crippen molar-refractivity contribution in [2.45, 2.75) is 64.6 Å². The van der Waals surface area contributed by atoms with Crippen LogP contribution in [0.25, 0.3) is 32.6 Å². The molecule has 3 aromatic carbocycles. The zero-order valence-corrected chi connectivity index (χ0v) is 27.1. The number of carbonyl (C=O) groups excluding carboxylic acids is 3. The van der Waals surface area contributed by atoms with Gasteiger partial charge in [-0.25, -0.2) is 5.48 Å². The molecule has 9 heteroatoms. The van der Waals surface area contributed by atoms with Crippen molar-refractivity contribution >= 4 is 39.9 Å². The molecule has 0 aliphatic carbocycles. The highest BCUT2D eigenvalue weighted by Crippen LogP contribution is 2.36. The van der Waals surface area contributed by atoms with Crippen LogP contribution in [0.3, 0.4) is 0 Å². The van der Waals surface area contributed by atoms with Gasteiger partial charge in [-0.15, -0.1) is 11.3 Å². The lowest BCUT2D eigenvalue weighted by Crippen LogP contribution is -2.37. The summed E-state index contributed by atoms with van der Waals surface area (Å²) >= 11 is 1.34. The Morgan fingerprint density at radius 3 is 2.24 bits per heavy atom. The molecule has 0 radical (unpaired) electrons. The molecule has 238 valence electrons. The largest absolute Gasteiger partial charge is 0.459 e. The maximum atomic E-state index is 13.9. The minimum Gasteiger partial charge on any atom is -0.459 e. The van der Waals surface area contributed by atoms with Gasteiger partial charge in [0.1, 0.15) is 11.6 Å². The maximum Gasteiger partial charge on any atom is 0.323 e. The van der Waals surface area contributed by atoms with E-state index in [1.165, 1.54) is 11.3 Å². The number of ether oxygens (including phenoxy) is 1. The summed E-state index contributed by atoms with van der Waals surface area (Å²) in [4.78, 5) is 39.7. The number of rotatable bonds is 12. The van der Waals surface area contributed by atoms with Crippen LogP contribution in [0.15, 0.2) is 91.0 Å². The average molecular weight is 638 g/mol. The Kier molecular flexibility index (Phi) is 10.2. The Balaban J connectivity index is 1.44. The molecule has 8 nitrogen and oxygen atoms in total. The summed E-state index contributed by atoms with van der Waals surface area (Å²) in [6, 6.07) is 28.6. The molecular weight excluding hydrogens is 598 g/mol. The van der Waals surface area contributed by atoms with Gasteiger partial charge in [-0.1, -0.05) is 72.8 Å². The molecule has 0 aliphatic heterocycles. The summed E-state index contributed by atoms with van der Waals surface area (Å²) in [5, 5.41) is 10.2. The number of nitrogens with zero attached hydrogens (tertiary/aromatic N) is 1. The molecule has 1 amide bonds. The van der Waals surface area contributed by atoms with Gasteiger partial charge in [0.15, 0.2) is 0 Å². The summed E-state index contributed by atoms with van der Waals surface area (Å²) in [6.45, 7) is 6.15. The molecule has 5 rings (SSSR count). The number of ketones is 1. The molecule has 0 aliphatic rings. The number of hydrogen-bond acceptors (Lipinski definition) is 7. The first-order chi connectivity index (χ1) is 22.0. The number of benzene rings is 3. The average Bonchev–Trinajstić information content (AvgIpc) is 3.63. The highest BCUT2D eigenvalue weighted by molar-refractivity contribution is 7.17. The van der Waals surface area contributed by atoms with Gasteiger partial charge in [0.2, 0.25) is 11.7 Å². The van der Waals surface area contributed by atoms with Crippen molar-refractivity contribution in [2.24, 2.45) is 5.73 Å². The maximum absolute atomic E-state index is 13.9. The van der Waals surface area contributed by atoms with Crippen molar-refractivity contribution in [3.8, 4) is 21.7 Å². The summed E-state index contributed by atoms with van der Waals surface area (Å²) in [6.07, 6.45) is 1.97. The number of fused-ring (bicyclic) bond motifs is 1. The lowest BCUT2D eigenvalue weighted by Gasteiger charge is -2.22. The lowest BCUT2D eigenvalue weighted by molar-refractivity contribution is -0.156. The van der Waals surface area contributed by atoms with Crippen LogP contribution in [-0.2, 0) is 27.3 Å². The molecule has 0 saturated heterocycles. The standard InChI is InChI=1S/C37H39N3O5S/c1-37(2,3)45-36(43)29(38)16-10-11-19-40-30(24-12-6-4-7-13-24)20-26-17-18-27(21-31(26)40)34(42)32-22-28(23-33(41)39-44)35(46-32)25-14-8-5-9-15-25/h4-9,12-15,17-18,20-22,29,44H,10-11,16,19,23,38H2,1-3H3,(H,39,41). The van der Waals surface area contributed by atoms with Gasteiger partial charge in [-0.05, 0) is 74.9 Å². The Morgan fingerprint density at radius 2 is 1.59 bits per heavy atom. The third-order valence-electron chi connectivity index (χ3n) is 7.64. The second kappa shape index (κ2) is 14.2. The predicted molar refractivity (Wildman–Crippen MR) is 182 cm³/mol.